The molecule has 1 saturated heterocycles. The Bertz CT molecular complexity index is 1210. The molecule has 7 heteroatoms. The Morgan fingerprint density at radius 1 is 0.824 bits per heavy atom. The second-order valence-electron chi connectivity index (χ2n) is 8.65. The summed E-state index contributed by atoms with van der Waals surface area (Å²) in [5, 5.41) is 0. The molecule has 3 aromatic rings. The largest absolute Gasteiger partial charge is 0.336 e. The van der Waals surface area contributed by atoms with E-state index in [0.29, 0.717) is 42.7 Å². The van der Waals surface area contributed by atoms with Crippen LogP contribution in [0.15, 0.2) is 72.9 Å². The Balaban J connectivity index is 1.22. The zero-order valence-electron chi connectivity index (χ0n) is 18.9. The standard InChI is InChI=1S/C27H26N4O3/c32-25(30-16-14-29(15-17-30)19-22-8-4-5-12-28-22)21-9-10-23-24(18-21)27(34)31(26(23)33)13-11-20-6-2-1-3-7-20/h1-10,12,18H,11,13-17,19H2. The third kappa shape index (κ3) is 4.47. The highest BCUT2D eigenvalue weighted by Crippen LogP contribution is 2.25. The quantitative estimate of drug-likeness (QED) is 0.536. The van der Waals surface area contributed by atoms with Crippen LogP contribution in [0.3, 0.4) is 0 Å². The maximum atomic E-state index is 13.1. The van der Waals surface area contributed by atoms with Crippen LogP contribution in [0.5, 0.6) is 0 Å². The molecule has 0 spiro atoms. The lowest BCUT2D eigenvalue weighted by Gasteiger charge is -2.34. The molecule has 172 valence electrons. The maximum Gasteiger partial charge on any atom is 0.261 e. The molecule has 0 N–H and O–H groups in total. The van der Waals surface area contributed by atoms with Crippen LogP contribution in [0.25, 0.3) is 0 Å². The van der Waals surface area contributed by atoms with Gasteiger partial charge in [0.1, 0.15) is 0 Å². The van der Waals surface area contributed by atoms with E-state index in [1.54, 1.807) is 24.4 Å². The molecule has 34 heavy (non-hydrogen) atoms. The SMILES string of the molecule is O=C(c1ccc2c(c1)C(=O)N(CCc1ccccc1)C2=O)N1CCN(Cc2ccccn2)CC1. The number of hydrogen-bond donors (Lipinski definition) is 0. The summed E-state index contributed by atoms with van der Waals surface area (Å²) in [6.45, 7) is 3.82. The van der Waals surface area contributed by atoms with Gasteiger partial charge in [-0.2, -0.15) is 0 Å². The average Bonchev–Trinajstić information content (AvgIpc) is 3.12. The van der Waals surface area contributed by atoms with E-state index in [1.807, 2.05) is 53.4 Å². The van der Waals surface area contributed by atoms with Gasteiger partial charge in [0, 0.05) is 51.0 Å². The van der Waals surface area contributed by atoms with Crippen molar-refractivity contribution >= 4 is 17.7 Å². The number of pyridine rings is 1. The summed E-state index contributed by atoms with van der Waals surface area (Å²) in [6.07, 6.45) is 2.39. The summed E-state index contributed by atoms with van der Waals surface area (Å²) in [5.74, 6) is -0.730. The number of imide groups is 1. The van der Waals surface area contributed by atoms with Crippen LogP contribution in [-0.2, 0) is 13.0 Å². The first-order valence-corrected chi connectivity index (χ1v) is 11.6. The second kappa shape index (κ2) is 9.57. The normalized spacial score (nSPS) is 16.1. The van der Waals surface area contributed by atoms with Gasteiger partial charge in [-0.1, -0.05) is 36.4 Å². The lowest BCUT2D eigenvalue weighted by Crippen LogP contribution is -2.48. The molecule has 0 radical (unpaired) electrons. The molecule has 2 aliphatic heterocycles. The summed E-state index contributed by atoms with van der Waals surface area (Å²) in [5.41, 5.74) is 3.22. The van der Waals surface area contributed by atoms with Gasteiger partial charge in [0.15, 0.2) is 0 Å². The van der Waals surface area contributed by atoms with E-state index in [1.165, 1.54) is 4.90 Å². The molecule has 0 unspecified atom stereocenters. The van der Waals surface area contributed by atoms with Gasteiger partial charge < -0.3 is 4.90 Å². The third-order valence-electron chi connectivity index (χ3n) is 6.46. The van der Waals surface area contributed by atoms with Crippen molar-refractivity contribution in [2.24, 2.45) is 0 Å². The van der Waals surface area contributed by atoms with Gasteiger partial charge in [0.25, 0.3) is 17.7 Å². The number of aromatic nitrogens is 1. The van der Waals surface area contributed by atoms with Gasteiger partial charge in [-0.3, -0.25) is 29.2 Å². The summed E-state index contributed by atoms with van der Waals surface area (Å²) in [4.78, 5) is 48.6. The van der Waals surface area contributed by atoms with E-state index in [-0.39, 0.29) is 17.7 Å². The molecular formula is C27H26N4O3. The van der Waals surface area contributed by atoms with Crippen LogP contribution in [0.1, 0.15) is 42.3 Å². The van der Waals surface area contributed by atoms with Crippen LogP contribution in [0.2, 0.25) is 0 Å². The molecule has 0 atom stereocenters. The number of nitrogens with zero attached hydrogens (tertiary/aromatic N) is 4. The van der Waals surface area contributed by atoms with E-state index in [4.69, 9.17) is 0 Å². The van der Waals surface area contributed by atoms with E-state index in [9.17, 15) is 14.4 Å². The molecule has 1 fully saturated rings. The minimum atomic E-state index is -0.328. The fourth-order valence-corrected chi connectivity index (χ4v) is 4.52. The van der Waals surface area contributed by atoms with Crippen molar-refractivity contribution in [1.82, 2.24) is 19.7 Å². The summed E-state index contributed by atoms with van der Waals surface area (Å²) in [7, 11) is 0. The molecule has 0 aliphatic carbocycles. The van der Waals surface area contributed by atoms with Gasteiger partial charge >= 0.3 is 0 Å². The number of carbonyl (C=O) groups is 3. The number of piperazine rings is 1. The highest BCUT2D eigenvalue weighted by atomic mass is 16.2. The van der Waals surface area contributed by atoms with Crippen molar-refractivity contribution in [2.75, 3.05) is 32.7 Å². The Labute approximate surface area is 198 Å². The van der Waals surface area contributed by atoms with Crippen LogP contribution in [0, 0.1) is 0 Å². The first-order chi connectivity index (χ1) is 16.6. The van der Waals surface area contributed by atoms with Crippen molar-refractivity contribution in [3.05, 3.63) is 101 Å². The van der Waals surface area contributed by atoms with Gasteiger partial charge in [0.2, 0.25) is 0 Å². The van der Waals surface area contributed by atoms with Crippen molar-refractivity contribution in [3.8, 4) is 0 Å². The highest BCUT2D eigenvalue weighted by Gasteiger charge is 2.36. The van der Waals surface area contributed by atoms with Crippen LogP contribution < -0.4 is 0 Å². The Kier molecular flexibility index (Phi) is 6.18. The predicted octanol–water partition coefficient (Wildman–Crippen LogP) is 2.88. The molecule has 2 aliphatic rings. The number of hydrogen-bond acceptors (Lipinski definition) is 5. The van der Waals surface area contributed by atoms with Crippen molar-refractivity contribution in [2.45, 2.75) is 13.0 Å². The number of rotatable bonds is 6. The third-order valence-corrected chi connectivity index (χ3v) is 6.46. The van der Waals surface area contributed by atoms with E-state index in [0.717, 1.165) is 30.9 Å². The Hall–Kier alpha value is -3.84. The minimum Gasteiger partial charge on any atom is -0.336 e. The van der Waals surface area contributed by atoms with Crippen molar-refractivity contribution < 1.29 is 14.4 Å². The fourth-order valence-electron chi connectivity index (χ4n) is 4.52. The van der Waals surface area contributed by atoms with E-state index >= 15 is 0 Å². The summed E-state index contributed by atoms with van der Waals surface area (Å²) >= 11 is 0. The smallest absolute Gasteiger partial charge is 0.261 e. The topological polar surface area (TPSA) is 73.8 Å². The van der Waals surface area contributed by atoms with Crippen molar-refractivity contribution in [1.29, 1.82) is 0 Å². The minimum absolute atomic E-state index is 0.108. The zero-order chi connectivity index (χ0) is 23.5. The average molecular weight is 455 g/mol. The molecule has 0 bridgehead atoms. The number of benzene rings is 2. The molecule has 1 aromatic heterocycles. The second-order valence-corrected chi connectivity index (χ2v) is 8.65. The number of carbonyl (C=O) groups excluding carboxylic acids is 3. The lowest BCUT2D eigenvalue weighted by atomic mass is 10.0. The first-order valence-electron chi connectivity index (χ1n) is 11.6. The predicted molar refractivity (Wildman–Crippen MR) is 127 cm³/mol. The zero-order valence-corrected chi connectivity index (χ0v) is 18.9. The van der Waals surface area contributed by atoms with Crippen LogP contribution >= 0.6 is 0 Å². The van der Waals surface area contributed by atoms with Crippen molar-refractivity contribution in [3.63, 3.8) is 0 Å². The summed E-state index contributed by atoms with van der Waals surface area (Å²) in [6, 6.07) is 20.5. The van der Waals surface area contributed by atoms with Gasteiger partial charge in [0.05, 0.1) is 16.8 Å². The van der Waals surface area contributed by atoms with E-state index < -0.39 is 0 Å². The molecule has 2 aromatic carbocycles. The maximum absolute atomic E-state index is 13.1. The Morgan fingerprint density at radius 2 is 1.56 bits per heavy atom. The van der Waals surface area contributed by atoms with Crippen LogP contribution in [-0.4, -0.2) is 70.1 Å². The molecule has 3 amide bonds. The molecule has 3 heterocycles. The van der Waals surface area contributed by atoms with Gasteiger partial charge in [-0.25, -0.2) is 0 Å². The fraction of sp³-hybridized carbons (Fsp3) is 0.259. The van der Waals surface area contributed by atoms with Gasteiger partial charge in [-0.05, 0) is 42.3 Å². The first kappa shape index (κ1) is 22.0. The van der Waals surface area contributed by atoms with Gasteiger partial charge in [-0.15, -0.1) is 0 Å². The molecule has 0 saturated carbocycles. The lowest BCUT2D eigenvalue weighted by molar-refractivity contribution is 0.0625. The number of amides is 3. The monoisotopic (exact) mass is 454 g/mol. The summed E-state index contributed by atoms with van der Waals surface area (Å²) < 4.78 is 0. The Morgan fingerprint density at radius 3 is 2.29 bits per heavy atom. The molecular weight excluding hydrogens is 428 g/mol. The molecule has 7 nitrogen and oxygen atoms in total. The number of fused-ring (bicyclic) bond motifs is 1. The molecule has 5 rings (SSSR count). The highest BCUT2D eigenvalue weighted by molar-refractivity contribution is 6.22. The van der Waals surface area contributed by atoms with E-state index in [2.05, 4.69) is 9.88 Å². The van der Waals surface area contributed by atoms with Crippen LogP contribution in [0.4, 0.5) is 0 Å².